The van der Waals surface area contributed by atoms with Crippen LogP contribution in [0.2, 0.25) is 0 Å². The highest BCUT2D eigenvalue weighted by atomic mass is 16.6. The molecule has 14 heteroatoms. The summed E-state index contributed by atoms with van der Waals surface area (Å²) in [6.07, 6.45) is 1.56. The molecule has 5 aromatic rings. The Kier molecular flexibility index (Phi) is 7.01. The summed E-state index contributed by atoms with van der Waals surface area (Å²) in [6.45, 7) is 5.92. The van der Waals surface area contributed by atoms with E-state index in [1.54, 1.807) is 54.7 Å². The minimum atomic E-state index is -0.581. The zero-order valence-electron chi connectivity index (χ0n) is 23.6. The van der Waals surface area contributed by atoms with Crippen LogP contribution in [-0.2, 0) is 22.6 Å². The molecule has 2 N–H and O–H groups in total. The molecule has 222 valence electrons. The average molecular weight is 586 g/mol. The van der Waals surface area contributed by atoms with Gasteiger partial charge in [0.1, 0.15) is 22.7 Å². The third-order valence-corrected chi connectivity index (χ3v) is 6.32. The third kappa shape index (κ3) is 6.17. The number of hydrogen-bond acceptors (Lipinski definition) is 10. The lowest BCUT2D eigenvalue weighted by Crippen LogP contribution is -2.26. The van der Waals surface area contributed by atoms with E-state index >= 15 is 0 Å². The zero-order valence-corrected chi connectivity index (χ0v) is 23.6. The van der Waals surface area contributed by atoms with E-state index in [1.165, 1.54) is 9.31 Å². The van der Waals surface area contributed by atoms with Crippen LogP contribution in [0.4, 0.5) is 5.69 Å². The highest BCUT2D eigenvalue weighted by Gasteiger charge is 2.20. The van der Waals surface area contributed by atoms with E-state index in [0.717, 1.165) is 11.1 Å². The van der Waals surface area contributed by atoms with Crippen molar-refractivity contribution in [3.8, 4) is 17.3 Å². The van der Waals surface area contributed by atoms with Gasteiger partial charge in [-0.2, -0.15) is 9.90 Å². The predicted molar refractivity (Wildman–Crippen MR) is 156 cm³/mol. The van der Waals surface area contributed by atoms with E-state index in [1.807, 2.05) is 26.8 Å². The number of carbonyl (C=O) groups is 3. The number of amides is 2. The highest BCUT2D eigenvalue weighted by molar-refractivity contribution is 5.96. The van der Waals surface area contributed by atoms with Gasteiger partial charge in [0.15, 0.2) is 12.3 Å². The van der Waals surface area contributed by atoms with Gasteiger partial charge in [-0.25, -0.2) is 14.3 Å². The molecule has 3 aromatic heterocycles. The van der Waals surface area contributed by atoms with Crippen LogP contribution in [0.3, 0.4) is 0 Å². The second-order valence-corrected chi connectivity index (χ2v) is 10.8. The Morgan fingerprint density at radius 2 is 1.88 bits per heavy atom. The summed E-state index contributed by atoms with van der Waals surface area (Å²) in [5.41, 5.74) is 3.05. The number of nitrogens with zero attached hydrogens (tertiary/aromatic N) is 7. The summed E-state index contributed by atoms with van der Waals surface area (Å²) in [7, 11) is 0. The summed E-state index contributed by atoms with van der Waals surface area (Å²) < 4.78 is 12.3. The Morgan fingerprint density at radius 1 is 1.09 bits per heavy atom. The summed E-state index contributed by atoms with van der Waals surface area (Å²) >= 11 is 0. The Bertz CT molecular complexity index is 1870. The first-order chi connectivity index (χ1) is 20.6. The van der Waals surface area contributed by atoms with E-state index < -0.39 is 17.5 Å². The molecule has 4 heterocycles. The standard InChI is InChI=1S/C29H27N9O5.2H2/c1-29(2,3)43-28(41)19-7-4-17(5-8-19)15-37-35-26(34-36-37)22-13-21(32-24-10-11-31-38(22)24)27(40)30-14-18-6-9-23-20(12-18)33-25(39)16-42-23;;/h4-13H,14-16H2,1-3H3,(H,30,40)(H,33,39);2*1H. The van der Waals surface area contributed by atoms with E-state index in [9.17, 15) is 14.4 Å². The second kappa shape index (κ2) is 11.0. The van der Waals surface area contributed by atoms with Crippen LogP contribution in [0.5, 0.6) is 5.75 Å². The van der Waals surface area contributed by atoms with Crippen molar-refractivity contribution >= 4 is 29.1 Å². The summed E-state index contributed by atoms with van der Waals surface area (Å²) in [4.78, 5) is 42.9. The predicted octanol–water partition coefficient (Wildman–Crippen LogP) is 3.14. The average Bonchev–Trinajstić information content (AvgIpc) is 3.64. The number of tetrazole rings is 1. The fourth-order valence-electron chi connectivity index (χ4n) is 4.36. The highest BCUT2D eigenvalue weighted by Crippen LogP contribution is 2.28. The Balaban J connectivity index is 0.00000230. The van der Waals surface area contributed by atoms with Crippen LogP contribution >= 0.6 is 0 Å². The van der Waals surface area contributed by atoms with E-state index in [-0.39, 0.29) is 33.4 Å². The number of ether oxygens (including phenoxy) is 2. The second-order valence-electron chi connectivity index (χ2n) is 10.8. The van der Waals surface area contributed by atoms with Crippen LogP contribution in [-0.4, -0.2) is 64.8 Å². The molecular formula is C29H31N9O5. The molecule has 0 radical (unpaired) electrons. The molecule has 0 atom stereocenters. The smallest absolute Gasteiger partial charge is 0.338 e. The molecule has 1 aliphatic heterocycles. The zero-order chi connectivity index (χ0) is 30.1. The number of nitrogens with one attached hydrogen (secondary N) is 2. The van der Waals surface area contributed by atoms with Gasteiger partial charge in [0, 0.05) is 15.5 Å². The van der Waals surface area contributed by atoms with Gasteiger partial charge in [0.05, 0.1) is 24.0 Å². The SMILES string of the molecule is CC(C)(C)OC(=O)c1ccc(Cn2nnc(-c3cc(C(=O)NCc4ccc5c(c4)NC(=O)CO5)nc4ccnn34)n2)cc1.[HH].[HH]. The van der Waals surface area contributed by atoms with Crippen molar-refractivity contribution in [2.45, 2.75) is 39.5 Å². The van der Waals surface area contributed by atoms with Crippen LogP contribution in [0.15, 0.2) is 60.8 Å². The van der Waals surface area contributed by atoms with E-state index in [2.05, 4.69) is 36.1 Å². The van der Waals surface area contributed by atoms with Crippen molar-refractivity contribution < 1.29 is 26.7 Å². The van der Waals surface area contributed by atoms with Crippen molar-refractivity contribution in [1.82, 2.24) is 40.1 Å². The van der Waals surface area contributed by atoms with Crippen LogP contribution in [0.1, 0.15) is 55.6 Å². The maximum Gasteiger partial charge on any atom is 0.338 e. The molecular weight excluding hydrogens is 554 g/mol. The lowest BCUT2D eigenvalue weighted by molar-refractivity contribution is -0.118. The summed E-state index contributed by atoms with van der Waals surface area (Å²) in [5.74, 6) is -0.222. The van der Waals surface area contributed by atoms with Crippen molar-refractivity contribution in [2.75, 3.05) is 11.9 Å². The molecule has 1 aliphatic rings. The number of rotatable bonds is 7. The van der Waals surface area contributed by atoms with Crippen LogP contribution in [0.25, 0.3) is 17.2 Å². The Hall–Kier alpha value is -5.66. The van der Waals surface area contributed by atoms with Crippen molar-refractivity contribution in [3.05, 3.63) is 83.2 Å². The van der Waals surface area contributed by atoms with Crippen molar-refractivity contribution in [2.24, 2.45) is 0 Å². The van der Waals surface area contributed by atoms with Gasteiger partial charge in [-0.3, -0.25) is 9.59 Å². The number of esters is 1. The molecule has 0 saturated carbocycles. The molecule has 0 saturated heterocycles. The number of benzene rings is 2. The largest absolute Gasteiger partial charge is 0.482 e. The van der Waals surface area contributed by atoms with Gasteiger partial charge in [-0.1, -0.05) is 18.2 Å². The Morgan fingerprint density at radius 3 is 2.67 bits per heavy atom. The molecule has 6 rings (SSSR count). The maximum absolute atomic E-state index is 13.1. The fourth-order valence-corrected chi connectivity index (χ4v) is 4.36. The van der Waals surface area contributed by atoms with Gasteiger partial charge < -0.3 is 20.1 Å². The first kappa shape index (κ1) is 27.5. The van der Waals surface area contributed by atoms with Gasteiger partial charge in [0.25, 0.3) is 11.8 Å². The first-order valence-electron chi connectivity index (χ1n) is 13.4. The number of fused-ring (bicyclic) bond motifs is 2. The topological polar surface area (TPSA) is 168 Å². The number of aromatic nitrogens is 7. The fraction of sp³-hybridized carbons (Fsp3) is 0.241. The number of carbonyl (C=O) groups excluding carboxylic acids is 3. The molecule has 43 heavy (non-hydrogen) atoms. The van der Waals surface area contributed by atoms with Gasteiger partial charge in [0.2, 0.25) is 5.82 Å². The maximum atomic E-state index is 13.1. The summed E-state index contributed by atoms with van der Waals surface area (Å²) in [6, 6.07) is 15.5. The van der Waals surface area contributed by atoms with Gasteiger partial charge in [-0.05, 0) is 67.4 Å². The van der Waals surface area contributed by atoms with Gasteiger partial charge in [-0.15, -0.1) is 10.2 Å². The minimum Gasteiger partial charge on any atom is -0.482 e. The number of hydrogen-bond donors (Lipinski definition) is 2. The normalized spacial score (nSPS) is 12.8. The molecule has 2 amide bonds. The van der Waals surface area contributed by atoms with Crippen molar-refractivity contribution in [3.63, 3.8) is 0 Å². The minimum absolute atomic E-state index is 0. The summed E-state index contributed by atoms with van der Waals surface area (Å²) in [5, 5.41) is 22.7. The van der Waals surface area contributed by atoms with E-state index in [0.29, 0.717) is 34.9 Å². The molecule has 14 nitrogen and oxygen atoms in total. The quantitative estimate of drug-likeness (QED) is 0.271. The Labute approximate surface area is 248 Å². The van der Waals surface area contributed by atoms with Crippen LogP contribution < -0.4 is 15.4 Å². The molecule has 0 aliphatic carbocycles. The molecule has 0 spiro atoms. The molecule has 0 bridgehead atoms. The lowest BCUT2D eigenvalue weighted by atomic mass is 10.1. The van der Waals surface area contributed by atoms with Crippen LogP contribution in [0, 0.1) is 0 Å². The third-order valence-electron chi connectivity index (χ3n) is 6.32. The first-order valence-corrected chi connectivity index (χ1v) is 13.4. The monoisotopic (exact) mass is 585 g/mol. The lowest BCUT2D eigenvalue weighted by Gasteiger charge is -2.19. The van der Waals surface area contributed by atoms with Crippen molar-refractivity contribution in [1.29, 1.82) is 0 Å². The molecule has 0 fully saturated rings. The molecule has 0 unspecified atom stereocenters. The van der Waals surface area contributed by atoms with E-state index in [4.69, 9.17) is 9.47 Å². The number of anilines is 1. The molecule has 2 aromatic carbocycles. The van der Waals surface area contributed by atoms with Gasteiger partial charge >= 0.3 is 5.97 Å².